The minimum Gasteiger partial charge on any atom is -0.267 e. The second-order valence-electron chi connectivity index (χ2n) is 2.40. The summed E-state index contributed by atoms with van der Waals surface area (Å²) in [4.78, 5) is 8.17. The topological polar surface area (TPSA) is 68.6 Å². The van der Waals surface area contributed by atoms with E-state index in [4.69, 9.17) is 0 Å². The van der Waals surface area contributed by atoms with Gasteiger partial charge in [0.15, 0.2) is 5.69 Å². The van der Waals surface area contributed by atoms with E-state index in [1.807, 2.05) is 62.3 Å². The molecule has 2 rings (SSSR count). The van der Waals surface area contributed by atoms with E-state index in [1.54, 1.807) is 24.8 Å². The zero-order chi connectivity index (χ0) is 17.1. The Morgan fingerprint density at radius 2 is 1.39 bits per heavy atom. The minimum absolute atomic E-state index is 0. The summed E-state index contributed by atoms with van der Waals surface area (Å²) in [5, 5.41) is 6.77. The summed E-state index contributed by atoms with van der Waals surface area (Å²) in [6.07, 6.45) is 6.61. The highest BCUT2D eigenvalue weighted by Gasteiger charge is 2.07. The van der Waals surface area contributed by atoms with E-state index in [0.717, 1.165) is 11.2 Å². The normalized spacial score (nSPS) is 6.48. The van der Waals surface area contributed by atoms with Crippen LogP contribution in [0.3, 0.4) is 0 Å². The smallest absolute Gasteiger partial charge is 0.267 e. The molecule has 131 valence electrons. The van der Waals surface area contributed by atoms with Gasteiger partial charge < -0.3 is 0 Å². The van der Waals surface area contributed by atoms with E-state index >= 15 is 0 Å². The molecule has 0 saturated heterocycles. The van der Waals surface area contributed by atoms with Crippen molar-refractivity contribution >= 4 is 32.0 Å². The summed E-state index contributed by atoms with van der Waals surface area (Å²) >= 11 is 0. The van der Waals surface area contributed by atoms with Gasteiger partial charge in [-0.2, -0.15) is 5.10 Å². The average molecular weight is 321 g/mol. The van der Waals surface area contributed by atoms with Crippen LogP contribution in [0.2, 0.25) is 0 Å². The van der Waals surface area contributed by atoms with Crippen LogP contribution in [0.4, 0.5) is 0 Å². The van der Waals surface area contributed by atoms with Crippen LogP contribution in [0.5, 0.6) is 0 Å². The monoisotopic (exact) mass is 321 g/mol. The number of H-pyrrole nitrogens is 1. The fourth-order valence-electron chi connectivity index (χ4n) is 1.01. The Morgan fingerprint density at radius 3 is 1.87 bits per heavy atom. The maximum atomic E-state index is 4.13. The highest BCUT2D eigenvalue weighted by molar-refractivity contribution is 5.92. The zero-order valence-corrected chi connectivity index (χ0v) is 15.7. The summed E-state index contributed by atoms with van der Waals surface area (Å²) < 4.78 is 3.98. The van der Waals surface area contributed by atoms with Gasteiger partial charge in [0.05, 0.1) is 0 Å². The molecule has 0 aliphatic carbocycles. The first-order valence-electron chi connectivity index (χ1n) is 7.88. The quantitative estimate of drug-likeness (QED) is 0.484. The zero-order valence-electron chi connectivity index (χ0n) is 15.7. The van der Waals surface area contributed by atoms with Gasteiger partial charge >= 0.3 is 6.21 Å². The Balaban J connectivity index is -0.0000000954. The van der Waals surface area contributed by atoms with E-state index in [0.29, 0.717) is 5.65 Å². The van der Waals surface area contributed by atoms with Crippen molar-refractivity contribution in [2.24, 2.45) is 0 Å². The lowest BCUT2D eigenvalue weighted by atomic mass is 10.4. The summed E-state index contributed by atoms with van der Waals surface area (Å²) in [6, 6.07) is 0. The molecule has 0 aliphatic rings. The predicted octanol–water partition coefficient (Wildman–Crippen LogP) is 4.29. The molecule has 2 aromatic heterocycles. The number of aromatic nitrogens is 4. The van der Waals surface area contributed by atoms with E-state index in [2.05, 4.69) is 24.8 Å². The van der Waals surface area contributed by atoms with Gasteiger partial charge in [0.1, 0.15) is 5.52 Å². The van der Waals surface area contributed by atoms with Crippen molar-refractivity contribution in [3.63, 3.8) is 0 Å². The number of nitrogens with zero attached hydrogens (tertiary/aromatic N) is 4. The molecule has 0 amide bonds. The maximum Gasteiger partial charge on any atom is 0.319 e. The number of hydrogen-bond acceptors (Lipinski definition) is 3. The molecule has 0 atom stereocenters. The number of fused-ring (bicyclic) bond motifs is 1. The van der Waals surface area contributed by atoms with Crippen molar-refractivity contribution < 1.29 is 0 Å². The van der Waals surface area contributed by atoms with Crippen molar-refractivity contribution in [1.29, 1.82) is 0 Å². The lowest BCUT2D eigenvalue weighted by molar-refractivity contribution is 1.09. The van der Waals surface area contributed by atoms with Crippen LogP contribution in [0.1, 0.15) is 75.4 Å². The Hall–Kier alpha value is -1.94. The van der Waals surface area contributed by atoms with Crippen molar-refractivity contribution in [2.45, 2.75) is 69.7 Å². The fraction of sp³-hybridized carbons (Fsp3) is 0.588. The minimum atomic E-state index is 0. The summed E-state index contributed by atoms with van der Waals surface area (Å²) in [7, 11) is 0. The molecule has 0 spiro atoms. The SMILES string of the molecule is C.CC.CC.CC.CC.CC=[N+]=Cc1[nH]nc2nccnc12.[B]. The van der Waals surface area contributed by atoms with Gasteiger partial charge in [-0.25, -0.2) is 9.97 Å². The third-order valence-corrected chi connectivity index (χ3v) is 1.57. The Bertz CT molecular complexity index is 488. The van der Waals surface area contributed by atoms with Gasteiger partial charge in [0.25, 0.3) is 6.21 Å². The standard InChI is InChI=1S/C8H7N5.4C2H6.CH4.B/c1-2-9-5-6-7-8(13-12-6)11-4-3-10-7;4*1-2;;/h2-5H,1H3;4*1-2H3;1H4;/p+1. The van der Waals surface area contributed by atoms with E-state index in [-0.39, 0.29) is 15.8 Å². The number of hydrogen-bond donors (Lipinski definition) is 1. The number of rotatable bonds is 1. The van der Waals surface area contributed by atoms with Crippen LogP contribution in [0, 0.1) is 0 Å². The Kier molecular flexibility index (Phi) is 40.4. The molecule has 2 heterocycles. The van der Waals surface area contributed by atoms with E-state index in [9.17, 15) is 0 Å². The molecule has 6 heteroatoms. The van der Waals surface area contributed by atoms with Gasteiger partial charge in [0, 0.05) is 27.7 Å². The van der Waals surface area contributed by atoms with Crippen LogP contribution in [-0.4, -0.2) is 41.0 Å². The predicted molar refractivity (Wildman–Crippen MR) is 109 cm³/mol. The van der Waals surface area contributed by atoms with Crippen LogP contribution < -0.4 is 4.67 Å². The molecule has 0 bridgehead atoms. The van der Waals surface area contributed by atoms with E-state index in [1.165, 1.54) is 0 Å². The first-order valence-corrected chi connectivity index (χ1v) is 7.88. The second-order valence-corrected chi connectivity index (χ2v) is 2.40. The molecule has 0 aromatic carbocycles. The molecule has 0 fully saturated rings. The second kappa shape index (κ2) is 28.3. The third kappa shape index (κ3) is 13.4. The van der Waals surface area contributed by atoms with Crippen molar-refractivity contribution in [2.75, 3.05) is 0 Å². The van der Waals surface area contributed by atoms with E-state index < -0.39 is 0 Å². The van der Waals surface area contributed by atoms with Gasteiger partial charge in [0.2, 0.25) is 5.65 Å². The Morgan fingerprint density at radius 1 is 0.913 bits per heavy atom. The first kappa shape index (κ1) is 32.9. The first-order chi connectivity index (χ1) is 10.4. The fourth-order valence-corrected chi connectivity index (χ4v) is 1.01. The van der Waals surface area contributed by atoms with Crippen LogP contribution >= 0.6 is 0 Å². The third-order valence-electron chi connectivity index (χ3n) is 1.57. The van der Waals surface area contributed by atoms with Crippen molar-refractivity contribution in [1.82, 2.24) is 24.8 Å². The summed E-state index contributed by atoms with van der Waals surface area (Å²) in [6.45, 7) is 17.8. The van der Waals surface area contributed by atoms with Gasteiger partial charge in [-0.15, -0.1) is 4.67 Å². The van der Waals surface area contributed by atoms with Gasteiger partial charge in [-0.05, 0) is 0 Å². The lowest BCUT2D eigenvalue weighted by Gasteiger charge is -1.81. The molecule has 5 nitrogen and oxygen atoms in total. The van der Waals surface area contributed by atoms with Crippen LogP contribution in [0.25, 0.3) is 11.2 Å². The molecule has 2 aromatic rings. The highest BCUT2D eigenvalue weighted by Crippen LogP contribution is 2.05. The largest absolute Gasteiger partial charge is 0.319 e. The molecule has 0 aliphatic heterocycles. The van der Waals surface area contributed by atoms with Crippen LogP contribution in [-0.2, 0) is 0 Å². The molecule has 1 N–H and O–H groups in total. The molecular weight excluding hydrogens is 285 g/mol. The van der Waals surface area contributed by atoms with Crippen molar-refractivity contribution in [3.8, 4) is 0 Å². The van der Waals surface area contributed by atoms with Crippen molar-refractivity contribution in [3.05, 3.63) is 18.1 Å². The Labute approximate surface area is 145 Å². The summed E-state index contributed by atoms with van der Waals surface area (Å²) in [5.41, 5.74) is 2.13. The molecule has 23 heavy (non-hydrogen) atoms. The lowest BCUT2D eigenvalue weighted by Crippen LogP contribution is -1.87. The number of aromatic amines is 1. The molecule has 0 saturated carbocycles. The molecule has 0 unspecified atom stereocenters. The average Bonchev–Trinajstić information content (AvgIpc) is 3.03. The van der Waals surface area contributed by atoms with Gasteiger partial charge in [-0.1, -0.05) is 62.8 Å². The maximum absolute atomic E-state index is 4.13. The van der Waals surface area contributed by atoms with Gasteiger partial charge in [-0.3, -0.25) is 5.10 Å². The molecular formula is C17H36BN5+. The molecule has 3 radical (unpaired) electrons. The highest BCUT2D eigenvalue weighted by atomic mass is 15.2. The van der Waals surface area contributed by atoms with Crippen LogP contribution in [0.15, 0.2) is 12.4 Å². The summed E-state index contributed by atoms with van der Waals surface area (Å²) in [5.74, 6) is 0. The number of nitrogens with one attached hydrogen (secondary N) is 1.